The van der Waals surface area contributed by atoms with Crippen LogP contribution in [0.4, 0.5) is 4.79 Å². The second-order valence-corrected chi connectivity index (χ2v) is 5.36. The molecule has 0 heterocycles. The third-order valence-electron chi connectivity index (χ3n) is 2.56. The van der Waals surface area contributed by atoms with E-state index >= 15 is 0 Å². The predicted molar refractivity (Wildman–Crippen MR) is 64.5 cm³/mol. The van der Waals surface area contributed by atoms with E-state index in [1.54, 1.807) is 0 Å². The van der Waals surface area contributed by atoms with Crippen LogP contribution in [0.15, 0.2) is 0 Å². The summed E-state index contributed by atoms with van der Waals surface area (Å²) < 4.78 is 5.13. The third kappa shape index (κ3) is 5.95. The summed E-state index contributed by atoms with van der Waals surface area (Å²) in [5.74, 6) is 0. The Labute approximate surface area is 98.1 Å². The number of nitrogens with one attached hydrogen (secondary N) is 2. The Bertz CT molecular complexity index is 220. The van der Waals surface area contributed by atoms with E-state index in [0.717, 1.165) is 19.0 Å². The molecule has 0 atom stereocenters. The van der Waals surface area contributed by atoms with Crippen LogP contribution in [0, 0.1) is 0 Å². The van der Waals surface area contributed by atoms with E-state index < -0.39 is 5.60 Å². The van der Waals surface area contributed by atoms with Crippen LogP contribution in [0.2, 0.25) is 0 Å². The lowest BCUT2D eigenvalue weighted by atomic mass is 9.93. The first-order chi connectivity index (χ1) is 7.47. The van der Waals surface area contributed by atoms with Crippen LogP contribution in [0.3, 0.4) is 0 Å². The molecule has 1 aliphatic rings. The molecule has 0 aromatic carbocycles. The number of rotatable bonds is 5. The molecule has 1 aliphatic carbocycles. The van der Waals surface area contributed by atoms with Crippen molar-refractivity contribution >= 4 is 6.09 Å². The van der Waals surface area contributed by atoms with Crippen LogP contribution in [-0.4, -0.2) is 30.8 Å². The Morgan fingerprint density at radius 3 is 2.50 bits per heavy atom. The Morgan fingerprint density at radius 1 is 1.31 bits per heavy atom. The Balaban J connectivity index is 1.91. The van der Waals surface area contributed by atoms with Gasteiger partial charge >= 0.3 is 6.09 Å². The first-order valence-electron chi connectivity index (χ1n) is 6.17. The molecular formula is C12H24N2O2. The fourth-order valence-electron chi connectivity index (χ4n) is 1.51. The summed E-state index contributed by atoms with van der Waals surface area (Å²) in [5.41, 5.74) is -0.408. The average Bonchev–Trinajstić information content (AvgIpc) is 2.04. The molecule has 4 nitrogen and oxygen atoms in total. The van der Waals surface area contributed by atoms with Crippen molar-refractivity contribution in [1.82, 2.24) is 10.6 Å². The maximum atomic E-state index is 11.3. The molecule has 0 aliphatic heterocycles. The minimum Gasteiger partial charge on any atom is -0.444 e. The van der Waals surface area contributed by atoms with E-state index in [1.807, 2.05) is 20.8 Å². The van der Waals surface area contributed by atoms with Gasteiger partial charge in [0.25, 0.3) is 0 Å². The Kier molecular flexibility index (Phi) is 5.06. The van der Waals surface area contributed by atoms with Crippen LogP contribution in [0.5, 0.6) is 0 Å². The van der Waals surface area contributed by atoms with Crippen LogP contribution in [0.1, 0.15) is 46.5 Å². The van der Waals surface area contributed by atoms with Crippen molar-refractivity contribution in [3.63, 3.8) is 0 Å². The van der Waals surface area contributed by atoms with E-state index in [1.165, 1.54) is 19.3 Å². The highest BCUT2D eigenvalue weighted by molar-refractivity contribution is 5.67. The number of carbonyl (C=O) groups is 1. The number of hydrogen-bond acceptors (Lipinski definition) is 3. The molecule has 16 heavy (non-hydrogen) atoms. The monoisotopic (exact) mass is 228 g/mol. The lowest BCUT2D eigenvalue weighted by Crippen LogP contribution is -2.38. The van der Waals surface area contributed by atoms with Gasteiger partial charge in [-0.2, -0.15) is 0 Å². The molecular weight excluding hydrogens is 204 g/mol. The summed E-state index contributed by atoms with van der Waals surface area (Å²) in [6.45, 7) is 7.25. The number of alkyl carbamates (subject to hydrolysis) is 1. The van der Waals surface area contributed by atoms with Crippen molar-refractivity contribution in [2.45, 2.75) is 58.1 Å². The summed E-state index contributed by atoms with van der Waals surface area (Å²) in [5, 5.41) is 6.20. The Morgan fingerprint density at radius 2 is 2.00 bits per heavy atom. The third-order valence-corrected chi connectivity index (χ3v) is 2.56. The van der Waals surface area contributed by atoms with Gasteiger partial charge in [-0.25, -0.2) is 4.79 Å². The summed E-state index contributed by atoms with van der Waals surface area (Å²) in [6, 6.07) is 0.724. The number of hydrogen-bond donors (Lipinski definition) is 2. The SMILES string of the molecule is CC(C)(C)OC(=O)NCCCNC1CCC1. The standard InChI is InChI=1S/C12H24N2O2/c1-12(2,3)16-11(15)14-9-5-8-13-10-6-4-7-10/h10,13H,4-9H2,1-3H3,(H,14,15). The van der Waals surface area contributed by atoms with Gasteiger partial charge in [0.1, 0.15) is 5.60 Å². The maximum absolute atomic E-state index is 11.3. The normalized spacial score (nSPS) is 16.7. The topological polar surface area (TPSA) is 50.4 Å². The summed E-state index contributed by atoms with van der Waals surface area (Å²) in [4.78, 5) is 11.3. The number of ether oxygens (including phenoxy) is 1. The summed E-state index contributed by atoms with van der Waals surface area (Å²) in [6.07, 6.45) is 4.60. The van der Waals surface area contributed by atoms with E-state index in [4.69, 9.17) is 4.74 Å². The van der Waals surface area contributed by atoms with Gasteiger partial charge in [-0.1, -0.05) is 6.42 Å². The van der Waals surface area contributed by atoms with E-state index in [2.05, 4.69) is 10.6 Å². The molecule has 4 heteroatoms. The van der Waals surface area contributed by atoms with Gasteiger partial charge in [-0.15, -0.1) is 0 Å². The fourth-order valence-corrected chi connectivity index (χ4v) is 1.51. The molecule has 94 valence electrons. The quantitative estimate of drug-likeness (QED) is 0.708. The molecule has 1 fully saturated rings. The average molecular weight is 228 g/mol. The lowest BCUT2D eigenvalue weighted by Gasteiger charge is -2.26. The van der Waals surface area contributed by atoms with Gasteiger partial charge in [0, 0.05) is 12.6 Å². The first kappa shape index (κ1) is 13.3. The molecule has 0 aromatic heterocycles. The maximum Gasteiger partial charge on any atom is 0.407 e. The minimum absolute atomic E-state index is 0.323. The first-order valence-corrected chi connectivity index (χ1v) is 6.17. The van der Waals surface area contributed by atoms with Gasteiger partial charge in [0.15, 0.2) is 0 Å². The van der Waals surface area contributed by atoms with Gasteiger partial charge in [-0.3, -0.25) is 0 Å². The fraction of sp³-hybridized carbons (Fsp3) is 0.917. The van der Waals surface area contributed by atoms with E-state index in [-0.39, 0.29) is 6.09 Å². The number of amides is 1. The highest BCUT2D eigenvalue weighted by Gasteiger charge is 2.16. The van der Waals surface area contributed by atoms with Crippen molar-refractivity contribution in [1.29, 1.82) is 0 Å². The predicted octanol–water partition coefficient (Wildman–Crippen LogP) is 2.04. The zero-order valence-electron chi connectivity index (χ0n) is 10.6. The van der Waals surface area contributed by atoms with Crippen molar-refractivity contribution in [3.05, 3.63) is 0 Å². The summed E-state index contributed by atoms with van der Waals surface area (Å²) >= 11 is 0. The number of carbonyl (C=O) groups excluding carboxylic acids is 1. The molecule has 0 saturated heterocycles. The summed E-state index contributed by atoms with van der Waals surface area (Å²) in [7, 11) is 0. The van der Waals surface area contributed by atoms with Crippen molar-refractivity contribution in [2.24, 2.45) is 0 Å². The molecule has 0 aromatic rings. The van der Waals surface area contributed by atoms with Gasteiger partial charge in [0.05, 0.1) is 0 Å². The van der Waals surface area contributed by atoms with Crippen molar-refractivity contribution < 1.29 is 9.53 Å². The molecule has 1 saturated carbocycles. The van der Waals surface area contributed by atoms with Gasteiger partial charge in [-0.05, 0) is 46.6 Å². The van der Waals surface area contributed by atoms with E-state index in [9.17, 15) is 4.79 Å². The highest BCUT2D eigenvalue weighted by atomic mass is 16.6. The zero-order valence-corrected chi connectivity index (χ0v) is 10.6. The van der Waals surface area contributed by atoms with Gasteiger partial charge in [0.2, 0.25) is 0 Å². The smallest absolute Gasteiger partial charge is 0.407 e. The molecule has 1 rings (SSSR count). The highest BCUT2D eigenvalue weighted by Crippen LogP contribution is 2.17. The molecule has 0 spiro atoms. The van der Waals surface area contributed by atoms with Crippen molar-refractivity contribution in [3.8, 4) is 0 Å². The van der Waals surface area contributed by atoms with Crippen LogP contribution < -0.4 is 10.6 Å². The second kappa shape index (κ2) is 6.09. The van der Waals surface area contributed by atoms with Crippen LogP contribution >= 0.6 is 0 Å². The van der Waals surface area contributed by atoms with Gasteiger partial charge < -0.3 is 15.4 Å². The lowest BCUT2D eigenvalue weighted by molar-refractivity contribution is 0.0527. The largest absolute Gasteiger partial charge is 0.444 e. The zero-order chi connectivity index (χ0) is 12.0. The molecule has 0 unspecified atom stereocenters. The minimum atomic E-state index is -0.408. The molecule has 0 bridgehead atoms. The molecule has 2 N–H and O–H groups in total. The van der Waals surface area contributed by atoms with Crippen LogP contribution in [0.25, 0.3) is 0 Å². The van der Waals surface area contributed by atoms with Crippen LogP contribution in [-0.2, 0) is 4.74 Å². The molecule has 1 amide bonds. The van der Waals surface area contributed by atoms with E-state index in [0.29, 0.717) is 6.54 Å². The van der Waals surface area contributed by atoms with Crippen molar-refractivity contribution in [2.75, 3.05) is 13.1 Å². The molecule has 0 radical (unpaired) electrons. The Hall–Kier alpha value is -0.770. The second-order valence-electron chi connectivity index (χ2n) is 5.36.